The van der Waals surface area contributed by atoms with Crippen molar-refractivity contribution in [2.75, 3.05) is 13.2 Å². The molecule has 156 valence electrons. The number of para-hydroxylation sites is 1. The second kappa shape index (κ2) is 8.56. The summed E-state index contributed by atoms with van der Waals surface area (Å²) in [7, 11) is 0. The van der Waals surface area contributed by atoms with Gasteiger partial charge >= 0.3 is 0 Å². The molecule has 2 aliphatic carbocycles. The van der Waals surface area contributed by atoms with Crippen molar-refractivity contribution in [1.82, 2.24) is 9.78 Å². The fourth-order valence-corrected chi connectivity index (χ4v) is 5.06. The van der Waals surface area contributed by atoms with Crippen molar-refractivity contribution in [3.8, 4) is 5.69 Å². The van der Waals surface area contributed by atoms with Crippen LogP contribution in [0, 0.1) is 0 Å². The highest BCUT2D eigenvalue weighted by Gasteiger charge is 2.32. The molecule has 1 saturated heterocycles. The molecule has 0 unspecified atom stereocenters. The lowest BCUT2D eigenvalue weighted by molar-refractivity contribution is -0.0451. The molecule has 3 atom stereocenters. The summed E-state index contributed by atoms with van der Waals surface area (Å²) in [5.41, 5.74) is 3.03. The van der Waals surface area contributed by atoms with E-state index < -0.39 is 0 Å². The molecular weight excluding hydrogens is 411 g/mol. The van der Waals surface area contributed by atoms with Gasteiger partial charge in [-0.15, -0.1) is 0 Å². The van der Waals surface area contributed by atoms with Crippen LogP contribution in [-0.4, -0.2) is 41.3 Å². The molecule has 1 aromatic carbocycles. The molecule has 0 spiro atoms. The Morgan fingerprint density at radius 1 is 1.00 bits per heavy atom. The summed E-state index contributed by atoms with van der Waals surface area (Å²) in [6.07, 6.45) is 8.92. The second-order valence-electron chi connectivity index (χ2n) is 8.27. The number of nitrogens with zero attached hydrogens (tertiary/aromatic N) is 2. The van der Waals surface area contributed by atoms with Gasteiger partial charge in [-0.05, 0) is 62.1 Å². The first-order chi connectivity index (χ1) is 14.2. The van der Waals surface area contributed by atoms with Crippen LogP contribution >= 0.6 is 23.2 Å². The summed E-state index contributed by atoms with van der Waals surface area (Å²) in [5.74, 6) is 0.562. The van der Waals surface area contributed by atoms with Crippen LogP contribution in [0.1, 0.15) is 55.7 Å². The first-order valence-electron chi connectivity index (χ1n) is 10.5. The molecule has 2 bridgehead atoms. The minimum absolute atomic E-state index is 0.114. The first kappa shape index (κ1) is 19.8. The molecule has 2 heterocycles. The molecular formula is C22H26Cl2N2O3. The van der Waals surface area contributed by atoms with Gasteiger partial charge in [0.05, 0.1) is 60.1 Å². The first-order valence-corrected chi connectivity index (χ1v) is 11.3. The Labute approximate surface area is 181 Å². The van der Waals surface area contributed by atoms with E-state index in [1.165, 1.54) is 18.4 Å². The van der Waals surface area contributed by atoms with Gasteiger partial charge in [0, 0.05) is 0 Å². The van der Waals surface area contributed by atoms with Gasteiger partial charge in [0.1, 0.15) is 5.69 Å². The zero-order valence-corrected chi connectivity index (χ0v) is 17.9. The van der Waals surface area contributed by atoms with Gasteiger partial charge in [0.25, 0.3) is 0 Å². The predicted molar refractivity (Wildman–Crippen MR) is 112 cm³/mol. The lowest BCUT2D eigenvalue weighted by atomic mass is 10.1. The van der Waals surface area contributed by atoms with E-state index in [1.54, 1.807) is 0 Å². The quantitative estimate of drug-likeness (QED) is 0.637. The molecule has 2 aromatic rings. The van der Waals surface area contributed by atoms with Crippen LogP contribution in [-0.2, 0) is 20.8 Å². The smallest absolute Gasteiger partial charge is 0.102 e. The lowest BCUT2D eigenvalue weighted by Crippen LogP contribution is -2.22. The molecule has 7 heteroatoms. The monoisotopic (exact) mass is 436 g/mol. The van der Waals surface area contributed by atoms with Crippen LogP contribution in [0.3, 0.4) is 0 Å². The van der Waals surface area contributed by atoms with Crippen molar-refractivity contribution in [3.05, 3.63) is 45.7 Å². The number of fused-ring (bicyclic) bond motifs is 3. The zero-order valence-electron chi connectivity index (χ0n) is 16.4. The Morgan fingerprint density at radius 2 is 1.66 bits per heavy atom. The normalized spacial score (nSPS) is 27.4. The van der Waals surface area contributed by atoms with Crippen LogP contribution in [0.4, 0.5) is 0 Å². The Balaban J connectivity index is 1.40. The number of hydrogen-bond donors (Lipinski definition) is 0. The van der Waals surface area contributed by atoms with Gasteiger partial charge in [-0.3, -0.25) is 0 Å². The summed E-state index contributed by atoms with van der Waals surface area (Å²) in [6, 6.07) is 5.54. The van der Waals surface area contributed by atoms with Crippen LogP contribution in [0.25, 0.3) is 5.69 Å². The minimum Gasteiger partial charge on any atom is -0.376 e. The molecule has 1 aromatic heterocycles. The van der Waals surface area contributed by atoms with Crippen molar-refractivity contribution < 1.29 is 14.2 Å². The summed E-state index contributed by atoms with van der Waals surface area (Å²) in [6.45, 7) is 1.84. The fourth-order valence-electron chi connectivity index (χ4n) is 4.51. The summed E-state index contributed by atoms with van der Waals surface area (Å²) in [5, 5.41) is 5.82. The van der Waals surface area contributed by atoms with E-state index in [1.807, 2.05) is 29.1 Å². The average molecular weight is 437 g/mol. The summed E-state index contributed by atoms with van der Waals surface area (Å²) >= 11 is 12.9. The molecule has 2 saturated carbocycles. The highest BCUT2D eigenvalue weighted by atomic mass is 35.5. The molecule has 5 nitrogen and oxygen atoms in total. The van der Waals surface area contributed by atoms with Crippen LogP contribution < -0.4 is 0 Å². The van der Waals surface area contributed by atoms with Gasteiger partial charge in [0.2, 0.25) is 0 Å². The third-order valence-electron chi connectivity index (χ3n) is 6.18. The third-order valence-corrected chi connectivity index (χ3v) is 6.79. The summed E-state index contributed by atoms with van der Waals surface area (Å²) < 4.78 is 20.2. The van der Waals surface area contributed by atoms with Crippen molar-refractivity contribution in [2.24, 2.45) is 0 Å². The van der Waals surface area contributed by atoms with Gasteiger partial charge in [-0.2, -0.15) is 5.10 Å². The number of benzene rings is 1. The fraction of sp³-hybridized carbons (Fsp3) is 0.591. The van der Waals surface area contributed by atoms with Crippen LogP contribution in [0.5, 0.6) is 0 Å². The predicted octanol–water partition coefficient (Wildman–Crippen LogP) is 5.30. The van der Waals surface area contributed by atoms with Gasteiger partial charge in [-0.25, -0.2) is 4.68 Å². The van der Waals surface area contributed by atoms with Gasteiger partial charge in [-0.1, -0.05) is 29.3 Å². The SMILES string of the molecule is Clc1cccc(Cl)c1-n1ncc(C2CC2)c1CO[C@@H]1C[C@H]2CC[C@@H](C1)OCCO2. The van der Waals surface area contributed by atoms with Gasteiger partial charge in [0.15, 0.2) is 0 Å². The average Bonchev–Trinajstić information content (AvgIpc) is 3.46. The van der Waals surface area contributed by atoms with E-state index in [0.29, 0.717) is 35.8 Å². The van der Waals surface area contributed by atoms with E-state index >= 15 is 0 Å². The maximum atomic E-state index is 6.47. The van der Waals surface area contributed by atoms with E-state index in [0.717, 1.165) is 37.1 Å². The zero-order chi connectivity index (χ0) is 19.8. The Kier molecular flexibility index (Phi) is 5.85. The maximum absolute atomic E-state index is 6.47. The standard InChI is InChI=1S/C22H26Cl2N2O3/c23-19-2-1-3-20(24)22(19)26-21(18(12-25-26)14-4-5-14)13-29-17-10-15-6-7-16(11-17)28-9-8-27-15/h1-3,12,14-17H,4-11,13H2/t15-,16+,17-. The molecule has 0 radical (unpaired) electrons. The number of ether oxygens (including phenoxy) is 3. The highest BCUT2D eigenvalue weighted by molar-refractivity contribution is 6.37. The summed E-state index contributed by atoms with van der Waals surface area (Å²) in [4.78, 5) is 0. The molecule has 29 heavy (non-hydrogen) atoms. The third kappa shape index (κ3) is 4.35. The van der Waals surface area contributed by atoms with E-state index in [4.69, 9.17) is 37.4 Å². The molecule has 3 fully saturated rings. The number of hydrogen-bond acceptors (Lipinski definition) is 4. The molecule has 5 rings (SSSR count). The van der Waals surface area contributed by atoms with E-state index in [2.05, 4.69) is 5.10 Å². The van der Waals surface area contributed by atoms with E-state index in [9.17, 15) is 0 Å². The van der Waals surface area contributed by atoms with Crippen molar-refractivity contribution in [2.45, 2.75) is 69.4 Å². The van der Waals surface area contributed by atoms with Crippen molar-refractivity contribution >= 4 is 23.2 Å². The largest absolute Gasteiger partial charge is 0.376 e. The Bertz CT molecular complexity index is 831. The molecule has 3 aliphatic rings. The van der Waals surface area contributed by atoms with Gasteiger partial charge < -0.3 is 14.2 Å². The number of halogens is 2. The van der Waals surface area contributed by atoms with Crippen LogP contribution in [0.2, 0.25) is 10.0 Å². The Hall–Kier alpha value is -1.11. The topological polar surface area (TPSA) is 45.5 Å². The van der Waals surface area contributed by atoms with Crippen molar-refractivity contribution in [1.29, 1.82) is 0 Å². The molecule has 0 amide bonds. The number of aromatic nitrogens is 2. The van der Waals surface area contributed by atoms with E-state index in [-0.39, 0.29) is 18.3 Å². The van der Waals surface area contributed by atoms with Crippen molar-refractivity contribution in [3.63, 3.8) is 0 Å². The lowest BCUT2D eigenvalue weighted by Gasteiger charge is -2.21. The number of rotatable bonds is 5. The van der Waals surface area contributed by atoms with Crippen LogP contribution in [0.15, 0.2) is 24.4 Å². The second-order valence-corrected chi connectivity index (χ2v) is 9.08. The molecule has 0 N–H and O–H groups in total. The molecule has 1 aliphatic heterocycles. The Morgan fingerprint density at radius 3 is 2.28 bits per heavy atom. The minimum atomic E-state index is 0.114. The highest BCUT2D eigenvalue weighted by Crippen LogP contribution is 2.43. The maximum Gasteiger partial charge on any atom is 0.102 e.